The van der Waals surface area contributed by atoms with Crippen molar-refractivity contribution in [1.29, 1.82) is 0 Å². The first-order chi connectivity index (χ1) is 13.2. The van der Waals surface area contributed by atoms with Crippen LogP contribution in [-0.4, -0.2) is 25.0 Å². The van der Waals surface area contributed by atoms with Gasteiger partial charge in [0.25, 0.3) is 5.78 Å². The van der Waals surface area contributed by atoms with Gasteiger partial charge in [-0.3, -0.25) is 4.79 Å². The smallest absolute Gasteiger partial charge is 0.310 e. The number of ether oxygens (including phenoxy) is 3. The third-order valence-corrected chi connectivity index (χ3v) is 3.98. The van der Waals surface area contributed by atoms with E-state index in [0.717, 1.165) is 10.2 Å². The van der Waals surface area contributed by atoms with Gasteiger partial charge in [0, 0.05) is 12.1 Å². The lowest BCUT2D eigenvalue weighted by Gasteiger charge is -1.99. The highest BCUT2D eigenvalue weighted by atomic mass is 16.7. The van der Waals surface area contributed by atoms with Gasteiger partial charge in [-0.05, 0) is 40.6 Å². The highest BCUT2D eigenvalue weighted by Gasteiger charge is 2.26. The maximum atomic E-state index is 12.6. The molecule has 0 atom stereocenters. The summed E-state index contributed by atoms with van der Waals surface area (Å²) in [6, 6.07) is 12.0. The zero-order valence-corrected chi connectivity index (χ0v) is 14.2. The molecule has 8 nitrogen and oxygen atoms in total. The Hall–Kier alpha value is -3.81. The predicted octanol–water partition coefficient (Wildman–Crippen LogP) is 1.66. The standard InChI is InChI=1S/C19H14N2O6/c1-24-14-6-4-13(5-7-14)21-18(19(23)27-20-21)15(22)8-2-12-3-9-16-17(10-12)26-11-25-16/h2-10H,11H2,1H3/b8-2+. The highest BCUT2D eigenvalue weighted by molar-refractivity contribution is 6.05. The van der Waals surface area contributed by atoms with Gasteiger partial charge >= 0.3 is 5.69 Å². The summed E-state index contributed by atoms with van der Waals surface area (Å²) in [6.07, 6.45) is 2.86. The van der Waals surface area contributed by atoms with Crippen LogP contribution in [0.15, 0.2) is 53.1 Å². The summed E-state index contributed by atoms with van der Waals surface area (Å²) in [5, 5.41) is 15.6. The van der Waals surface area contributed by atoms with Crippen LogP contribution >= 0.6 is 0 Å². The lowest BCUT2D eigenvalue weighted by atomic mass is 10.1. The van der Waals surface area contributed by atoms with Crippen molar-refractivity contribution in [2.45, 2.75) is 0 Å². The molecule has 0 N–H and O–H groups in total. The average molecular weight is 366 g/mol. The van der Waals surface area contributed by atoms with Crippen LogP contribution in [0.3, 0.4) is 0 Å². The monoisotopic (exact) mass is 366 g/mol. The number of carbonyl (C=O) groups is 1. The van der Waals surface area contributed by atoms with Crippen molar-refractivity contribution in [1.82, 2.24) is 5.27 Å². The summed E-state index contributed by atoms with van der Waals surface area (Å²) in [4.78, 5) is 12.6. The Labute approximate surface area is 153 Å². The van der Waals surface area contributed by atoms with Crippen LogP contribution in [0, 0.1) is 0 Å². The van der Waals surface area contributed by atoms with Crippen molar-refractivity contribution in [2.24, 2.45) is 0 Å². The van der Waals surface area contributed by atoms with Crippen LogP contribution in [0.2, 0.25) is 0 Å². The molecule has 1 aliphatic rings. The third kappa shape index (κ3) is 3.20. The minimum absolute atomic E-state index is 0.170. The van der Waals surface area contributed by atoms with E-state index in [-0.39, 0.29) is 12.5 Å². The second-order valence-corrected chi connectivity index (χ2v) is 5.63. The quantitative estimate of drug-likeness (QED) is 0.385. The van der Waals surface area contributed by atoms with Crippen LogP contribution in [0.4, 0.5) is 0 Å². The van der Waals surface area contributed by atoms with Crippen molar-refractivity contribution < 1.29 is 33.3 Å². The SMILES string of the molecule is COc1ccc(-[n+]2noc([O-])c2C(=O)/C=C/c2ccc3c(c2)OCO3)cc1. The van der Waals surface area contributed by atoms with E-state index in [2.05, 4.69) is 9.79 Å². The molecule has 3 aromatic rings. The second-order valence-electron chi connectivity index (χ2n) is 5.63. The summed E-state index contributed by atoms with van der Waals surface area (Å²) in [5.41, 5.74) is 1.03. The van der Waals surface area contributed by atoms with Crippen LogP contribution in [0.5, 0.6) is 23.2 Å². The summed E-state index contributed by atoms with van der Waals surface area (Å²) in [5.74, 6) is 0.547. The maximum Gasteiger partial charge on any atom is 0.310 e. The molecule has 0 amide bonds. The van der Waals surface area contributed by atoms with E-state index in [1.54, 1.807) is 55.7 Å². The zero-order chi connectivity index (χ0) is 18.8. The molecule has 0 fully saturated rings. The van der Waals surface area contributed by atoms with E-state index in [0.29, 0.717) is 22.9 Å². The van der Waals surface area contributed by atoms with Gasteiger partial charge in [0.05, 0.1) is 12.4 Å². The minimum atomic E-state index is -0.814. The number of methoxy groups -OCH3 is 1. The lowest BCUT2D eigenvalue weighted by Crippen LogP contribution is -2.38. The van der Waals surface area contributed by atoms with Gasteiger partial charge in [0.15, 0.2) is 17.4 Å². The fraction of sp³-hybridized carbons (Fsp3) is 0.105. The molecule has 0 bridgehead atoms. The Morgan fingerprint density at radius 2 is 1.96 bits per heavy atom. The van der Waals surface area contributed by atoms with Crippen LogP contribution in [0.25, 0.3) is 11.8 Å². The number of hydrogen-bond donors (Lipinski definition) is 0. The number of hydrogen-bond acceptors (Lipinski definition) is 7. The summed E-state index contributed by atoms with van der Waals surface area (Å²) in [7, 11) is 1.55. The maximum absolute atomic E-state index is 12.6. The molecule has 8 heteroatoms. The summed E-state index contributed by atoms with van der Waals surface area (Å²) < 4.78 is 21.5. The molecular weight excluding hydrogens is 352 g/mol. The molecule has 0 unspecified atom stereocenters. The number of benzene rings is 2. The molecule has 0 saturated heterocycles. The molecule has 4 rings (SSSR count). The Bertz CT molecular complexity index is 1020. The van der Waals surface area contributed by atoms with Gasteiger partial charge in [0.2, 0.25) is 12.5 Å². The van der Waals surface area contributed by atoms with E-state index in [4.69, 9.17) is 14.2 Å². The van der Waals surface area contributed by atoms with E-state index in [1.165, 1.54) is 6.08 Å². The van der Waals surface area contributed by atoms with E-state index in [1.807, 2.05) is 0 Å². The molecule has 0 aliphatic carbocycles. The predicted molar refractivity (Wildman–Crippen MR) is 90.0 cm³/mol. The van der Waals surface area contributed by atoms with E-state index in [9.17, 15) is 9.90 Å². The largest absolute Gasteiger partial charge is 0.539 e. The molecule has 2 heterocycles. The highest BCUT2D eigenvalue weighted by Crippen LogP contribution is 2.32. The topological polar surface area (TPSA) is 97.7 Å². The molecule has 0 spiro atoms. The normalized spacial score (nSPS) is 12.5. The number of rotatable bonds is 5. The first-order valence-electron chi connectivity index (χ1n) is 8.01. The fourth-order valence-electron chi connectivity index (χ4n) is 2.62. The average Bonchev–Trinajstić information content (AvgIpc) is 3.32. The van der Waals surface area contributed by atoms with Gasteiger partial charge in [-0.1, -0.05) is 12.1 Å². The van der Waals surface area contributed by atoms with Gasteiger partial charge in [-0.15, -0.1) is 0 Å². The number of aromatic nitrogens is 2. The van der Waals surface area contributed by atoms with E-state index >= 15 is 0 Å². The van der Waals surface area contributed by atoms with Gasteiger partial charge < -0.3 is 23.8 Å². The van der Waals surface area contributed by atoms with E-state index < -0.39 is 11.7 Å². The summed E-state index contributed by atoms with van der Waals surface area (Å²) in [6.45, 7) is 0.170. The molecule has 1 aromatic heterocycles. The Balaban J connectivity index is 1.61. The second kappa shape index (κ2) is 6.83. The molecule has 27 heavy (non-hydrogen) atoms. The van der Waals surface area contributed by atoms with Crippen LogP contribution in [0.1, 0.15) is 16.1 Å². The van der Waals surface area contributed by atoms with Crippen molar-refractivity contribution in [2.75, 3.05) is 13.9 Å². The first-order valence-corrected chi connectivity index (χ1v) is 8.01. The molecule has 2 aromatic carbocycles. The van der Waals surface area contributed by atoms with Crippen LogP contribution < -0.4 is 24.0 Å². The molecule has 1 aliphatic heterocycles. The Morgan fingerprint density at radius 3 is 2.74 bits per heavy atom. The van der Waals surface area contributed by atoms with Crippen molar-refractivity contribution >= 4 is 11.9 Å². The van der Waals surface area contributed by atoms with Crippen molar-refractivity contribution in [3.8, 4) is 28.9 Å². The number of ketones is 1. The lowest BCUT2D eigenvalue weighted by molar-refractivity contribution is -0.672. The van der Waals surface area contributed by atoms with Gasteiger partial charge in [-0.25, -0.2) is 0 Å². The van der Waals surface area contributed by atoms with Crippen molar-refractivity contribution in [3.05, 3.63) is 59.8 Å². The Kier molecular flexibility index (Phi) is 4.21. The number of allylic oxidation sites excluding steroid dienone is 1. The number of nitrogens with zero attached hydrogens (tertiary/aromatic N) is 2. The zero-order valence-electron chi connectivity index (χ0n) is 14.2. The van der Waals surface area contributed by atoms with Gasteiger partial charge in [0.1, 0.15) is 5.75 Å². The number of carbonyl (C=O) groups excluding carboxylic acids is 1. The molecule has 0 radical (unpaired) electrons. The molecule has 0 saturated carbocycles. The van der Waals surface area contributed by atoms with Crippen LogP contribution in [-0.2, 0) is 0 Å². The summed E-state index contributed by atoms with van der Waals surface area (Å²) >= 11 is 0. The minimum Gasteiger partial charge on any atom is -0.539 e. The number of fused-ring (bicyclic) bond motifs is 1. The Morgan fingerprint density at radius 1 is 1.19 bits per heavy atom. The fourth-order valence-corrected chi connectivity index (χ4v) is 2.62. The molecule has 136 valence electrons. The third-order valence-electron chi connectivity index (χ3n) is 3.98. The first kappa shape index (κ1) is 16.6. The van der Waals surface area contributed by atoms with Gasteiger partial charge in [-0.2, -0.15) is 0 Å². The molecular formula is C19H14N2O6. The van der Waals surface area contributed by atoms with Crippen molar-refractivity contribution in [3.63, 3.8) is 0 Å².